The number of hydrogen-bond donors (Lipinski definition) is 1. The fourth-order valence-corrected chi connectivity index (χ4v) is 3.31. The SMILES string of the molecule is CCCCCCCCSSCCC(=O)O. The van der Waals surface area contributed by atoms with Gasteiger partial charge in [0, 0.05) is 11.5 Å². The van der Waals surface area contributed by atoms with Crippen LogP contribution in [-0.4, -0.2) is 22.6 Å². The van der Waals surface area contributed by atoms with Crippen LogP contribution in [-0.2, 0) is 4.79 Å². The predicted molar refractivity (Wildman–Crippen MR) is 70.5 cm³/mol. The van der Waals surface area contributed by atoms with Gasteiger partial charge in [-0.15, -0.1) is 0 Å². The van der Waals surface area contributed by atoms with Crippen LogP contribution in [0.5, 0.6) is 0 Å². The van der Waals surface area contributed by atoms with Gasteiger partial charge in [-0.1, -0.05) is 60.6 Å². The van der Waals surface area contributed by atoms with E-state index in [-0.39, 0.29) is 6.42 Å². The van der Waals surface area contributed by atoms with E-state index in [4.69, 9.17) is 5.11 Å². The molecule has 0 saturated heterocycles. The normalized spacial score (nSPS) is 10.5. The zero-order chi connectivity index (χ0) is 11.4. The smallest absolute Gasteiger partial charge is 0.304 e. The van der Waals surface area contributed by atoms with Gasteiger partial charge in [-0.2, -0.15) is 0 Å². The molecule has 0 aliphatic heterocycles. The highest BCUT2D eigenvalue weighted by atomic mass is 33.1. The van der Waals surface area contributed by atoms with Crippen molar-refractivity contribution < 1.29 is 9.90 Å². The Morgan fingerprint density at radius 3 is 2.27 bits per heavy atom. The highest BCUT2D eigenvalue weighted by Gasteiger charge is 1.97. The number of carboxylic acids is 1. The minimum absolute atomic E-state index is 0.286. The molecule has 0 bridgehead atoms. The zero-order valence-electron chi connectivity index (χ0n) is 9.54. The molecule has 1 N–H and O–H groups in total. The second-order valence-electron chi connectivity index (χ2n) is 3.56. The molecule has 2 nitrogen and oxygen atoms in total. The number of unbranched alkanes of at least 4 members (excludes halogenated alkanes) is 5. The van der Waals surface area contributed by atoms with Crippen LogP contribution in [0.1, 0.15) is 51.9 Å². The maximum atomic E-state index is 10.2. The molecule has 0 aromatic carbocycles. The Hall–Kier alpha value is 0.170. The Kier molecular flexibility index (Phi) is 12.4. The van der Waals surface area contributed by atoms with E-state index in [0.29, 0.717) is 0 Å². The molecule has 0 atom stereocenters. The van der Waals surface area contributed by atoms with Gasteiger partial charge in [0.1, 0.15) is 0 Å². The van der Waals surface area contributed by atoms with E-state index in [9.17, 15) is 4.79 Å². The largest absolute Gasteiger partial charge is 0.481 e. The summed E-state index contributed by atoms with van der Waals surface area (Å²) in [5.74, 6) is 1.20. The second kappa shape index (κ2) is 12.2. The van der Waals surface area contributed by atoms with Gasteiger partial charge in [-0.25, -0.2) is 0 Å². The summed E-state index contributed by atoms with van der Waals surface area (Å²) >= 11 is 0. The van der Waals surface area contributed by atoms with Crippen LogP contribution in [0.3, 0.4) is 0 Å². The lowest BCUT2D eigenvalue weighted by Gasteiger charge is -2.00. The Morgan fingerprint density at radius 2 is 1.60 bits per heavy atom. The van der Waals surface area contributed by atoms with E-state index in [2.05, 4.69) is 6.92 Å². The minimum Gasteiger partial charge on any atom is -0.481 e. The quantitative estimate of drug-likeness (QED) is 0.440. The average molecular weight is 250 g/mol. The molecule has 0 spiro atoms. The van der Waals surface area contributed by atoms with Gasteiger partial charge < -0.3 is 5.11 Å². The highest BCUT2D eigenvalue weighted by Crippen LogP contribution is 2.23. The third-order valence-corrected chi connectivity index (χ3v) is 4.56. The minimum atomic E-state index is -0.692. The maximum Gasteiger partial charge on any atom is 0.304 e. The number of aliphatic carboxylic acids is 1. The molecule has 0 fully saturated rings. The summed E-state index contributed by atoms with van der Waals surface area (Å²) in [4.78, 5) is 10.2. The first-order valence-electron chi connectivity index (χ1n) is 5.73. The monoisotopic (exact) mass is 250 g/mol. The van der Waals surface area contributed by atoms with E-state index in [1.54, 1.807) is 10.8 Å². The summed E-state index contributed by atoms with van der Waals surface area (Å²) in [7, 11) is 3.50. The molecule has 0 saturated carbocycles. The molecule has 0 aromatic heterocycles. The lowest BCUT2D eigenvalue weighted by Crippen LogP contribution is -1.94. The van der Waals surface area contributed by atoms with E-state index < -0.39 is 5.97 Å². The predicted octanol–water partition coefficient (Wildman–Crippen LogP) is 4.20. The lowest BCUT2D eigenvalue weighted by atomic mass is 10.1. The van der Waals surface area contributed by atoms with E-state index >= 15 is 0 Å². The van der Waals surface area contributed by atoms with Gasteiger partial charge in [-0.3, -0.25) is 4.79 Å². The standard InChI is InChI=1S/C11H22O2S2/c1-2-3-4-5-6-7-9-14-15-10-8-11(12)13/h2-10H2,1H3,(H,12,13). The van der Waals surface area contributed by atoms with Crippen molar-refractivity contribution in [2.24, 2.45) is 0 Å². The van der Waals surface area contributed by atoms with Crippen molar-refractivity contribution >= 4 is 27.6 Å². The molecule has 0 rings (SSSR count). The summed E-state index contributed by atoms with van der Waals surface area (Å²) in [5.41, 5.74) is 0. The first-order chi connectivity index (χ1) is 7.27. The number of hydrogen-bond acceptors (Lipinski definition) is 3. The zero-order valence-corrected chi connectivity index (χ0v) is 11.2. The topological polar surface area (TPSA) is 37.3 Å². The Labute approximate surface area is 101 Å². The van der Waals surface area contributed by atoms with Gasteiger partial charge in [0.2, 0.25) is 0 Å². The third-order valence-electron chi connectivity index (χ3n) is 2.06. The van der Waals surface area contributed by atoms with Crippen LogP contribution in [0.25, 0.3) is 0 Å². The van der Waals surface area contributed by atoms with Crippen molar-refractivity contribution in [2.75, 3.05) is 11.5 Å². The Balaban J connectivity index is 2.89. The summed E-state index contributed by atoms with van der Waals surface area (Å²) in [6.45, 7) is 2.23. The highest BCUT2D eigenvalue weighted by molar-refractivity contribution is 8.76. The summed E-state index contributed by atoms with van der Waals surface area (Å²) in [6, 6.07) is 0. The fraction of sp³-hybridized carbons (Fsp3) is 0.909. The molecule has 0 aromatic rings. The van der Waals surface area contributed by atoms with Crippen molar-refractivity contribution in [3.05, 3.63) is 0 Å². The number of rotatable bonds is 11. The molecule has 90 valence electrons. The van der Waals surface area contributed by atoms with Crippen molar-refractivity contribution in [3.8, 4) is 0 Å². The van der Waals surface area contributed by atoms with Crippen molar-refractivity contribution in [1.82, 2.24) is 0 Å². The molecule has 0 aliphatic rings. The molecular formula is C11H22O2S2. The summed E-state index contributed by atoms with van der Waals surface area (Å²) < 4.78 is 0. The molecule has 0 radical (unpaired) electrons. The van der Waals surface area contributed by atoms with E-state index in [1.807, 2.05) is 10.8 Å². The third kappa shape index (κ3) is 14.2. The summed E-state index contributed by atoms with van der Waals surface area (Å²) in [6.07, 6.45) is 8.27. The van der Waals surface area contributed by atoms with Crippen LogP contribution >= 0.6 is 21.6 Å². The van der Waals surface area contributed by atoms with Gasteiger partial charge in [-0.05, 0) is 6.42 Å². The van der Waals surface area contributed by atoms with Crippen LogP contribution in [0, 0.1) is 0 Å². The lowest BCUT2D eigenvalue weighted by molar-refractivity contribution is -0.136. The first-order valence-corrected chi connectivity index (χ1v) is 8.22. The molecule has 4 heteroatoms. The molecule has 0 amide bonds. The van der Waals surface area contributed by atoms with E-state index in [0.717, 1.165) is 11.5 Å². The fourth-order valence-electron chi connectivity index (χ4n) is 1.19. The maximum absolute atomic E-state index is 10.2. The molecule has 0 aliphatic carbocycles. The second-order valence-corrected chi connectivity index (χ2v) is 6.26. The summed E-state index contributed by atoms with van der Waals surface area (Å²) in [5, 5.41) is 8.41. The molecular weight excluding hydrogens is 228 g/mol. The van der Waals surface area contributed by atoms with Gasteiger partial charge in [0.25, 0.3) is 0 Å². The van der Waals surface area contributed by atoms with Gasteiger partial charge >= 0.3 is 5.97 Å². The van der Waals surface area contributed by atoms with Crippen LogP contribution in [0.2, 0.25) is 0 Å². The Bertz CT molecular complexity index is 152. The number of carboxylic acid groups (broad SMARTS) is 1. The van der Waals surface area contributed by atoms with E-state index in [1.165, 1.54) is 38.5 Å². The van der Waals surface area contributed by atoms with Crippen molar-refractivity contribution in [3.63, 3.8) is 0 Å². The number of carbonyl (C=O) groups is 1. The molecule has 15 heavy (non-hydrogen) atoms. The average Bonchev–Trinajstić information content (AvgIpc) is 2.20. The van der Waals surface area contributed by atoms with Crippen LogP contribution in [0.15, 0.2) is 0 Å². The molecule has 0 heterocycles. The van der Waals surface area contributed by atoms with Gasteiger partial charge in [0.05, 0.1) is 6.42 Å². The van der Waals surface area contributed by atoms with Gasteiger partial charge in [0.15, 0.2) is 0 Å². The van der Waals surface area contributed by atoms with Crippen molar-refractivity contribution in [2.45, 2.75) is 51.9 Å². The molecule has 0 unspecified atom stereocenters. The van der Waals surface area contributed by atoms with Crippen LogP contribution < -0.4 is 0 Å². The van der Waals surface area contributed by atoms with Crippen LogP contribution in [0.4, 0.5) is 0 Å². The Morgan fingerprint density at radius 1 is 1.00 bits per heavy atom. The first kappa shape index (κ1) is 15.2. The van der Waals surface area contributed by atoms with Crippen molar-refractivity contribution in [1.29, 1.82) is 0 Å².